The minimum Gasteiger partial charge on any atom is -0.471 e. The van der Waals surface area contributed by atoms with E-state index in [1.807, 2.05) is 0 Å². The predicted molar refractivity (Wildman–Crippen MR) is 120 cm³/mol. The second kappa shape index (κ2) is 10.6. The molecule has 3 saturated heterocycles. The number of epoxide rings is 1. The molecule has 5 rings (SSSR count). The summed E-state index contributed by atoms with van der Waals surface area (Å²) in [5.41, 5.74) is -3.82. The SMILES string of the molecule is COC(=O)C1=COC(OC2OC(COC3OC(CO)C(O)C(O)C3O)C(O)C(O)C2O)C2C3(C)OC3C(O)C12O. The number of aliphatic hydroxyl groups is 9. The van der Waals surface area contributed by atoms with Gasteiger partial charge in [-0.05, 0) is 6.92 Å². The molecule has 17 heteroatoms. The highest BCUT2D eigenvalue weighted by atomic mass is 16.8. The van der Waals surface area contributed by atoms with Crippen LogP contribution in [0.5, 0.6) is 0 Å². The first kappa shape index (κ1) is 29.9. The first-order chi connectivity index (χ1) is 18.8. The molecule has 16 atom stereocenters. The molecule has 0 aromatic carbocycles. The molecular weight excluding hydrogens is 548 g/mol. The molecule has 228 valence electrons. The van der Waals surface area contributed by atoms with Gasteiger partial charge in [0.05, 0.1) is 26.2 Å². The van der Waals surface area contributed by atoms with Gasteiger partial charge in [0.25, 0.3) is 0 Å². The number of carbonyl (C=O) groups excluding carboxylic acids is 1. The molecule has 16 unspecified atom stereocenters. The Hall–Kier alpha value is -1.55. The van der Waals surface area contributed by atoms with Crippen LogP contribution < -0.4 is 0 Å². The van der Waals surface area contributed by atoms with Crippen molar-refractivity contribution in [3.8, 4) is 0 Å². The molecule has 0 bridgehead atoms. The van der Waals surface area contributed by atoms with E-state index < -0.39 is 116 Å². The normalized spacial score (nSPS) is 53.6. The van der Waals surface area contributed by atoms with Crippen LogP contribution in [0, 0.1) is 5.92 Å². The standard InChI is InChI=1S/C23H34O17/c1-22-15-21(35-4-6(18(32)34-2)23(15,33)16(31)17(22)40-22)39-20-14(30)12(28)10(26)8(38-20)5-36-19-13(29)11(27)9(25)7(3-24)37-19/h4,7-17,19-21,24-31,33H,3,5H2,1-2H3. The van der Waals surface area contributed by atoms with E-state index in [-0.39, 0.29) is 5.57 Å². The molecule has 0 spiro atoms. The van der Waals surface area contributed by atoms with Crippen molar-refractivity contribution in [3.63, 3.8) is 0 Å². The number of rotatable bonds is 7. The van der Waals surface area contributed by atoms with E-state index in [2.05, 4.69) is 0 Å². The highest BCUT2D eigenvalue weighted by Gasteiger charge is 2.81. The first-order valence-electron chi connectivity index (χ1n) is 12.6. The van der Waals surface area contributed by atoms with Crippen molar-refractivity contribution in [1.82, 2.24) is 0 Å². The third-order valence-electron chi connectivity index (χ3n) is 8.36. The lowest BCUT2D eigenvalue weighted by Gasteiger charge is -2.46. The van der Waals surface area contributed by atoms with Gasteiger partial charge in [0.1, 0.15) is 84.1 Å². The highest BCUT2D eigenvalue weighted by molar-refractivity contribution is 5.91. The average Bonchev–Trinajstić information content (AvgIpc) is 3.58. The summed E-state index contributed by atoms with van der Waals surface area (Å²) in [5, 5.41) is 93.1. The Kier molecular flexibility index (Phi) is 7.94. The third kappa shape index (κ3) is 4.45. The van der Waals surface area contributed by atoms with E-state index in [1.165, 1.54) is 0 Å². The Bertz CT molecular complexity index is 992. The predicted octanol–water partition coefficient (Wildman–Crippen LogP) is -6.08. The summed E-state index contributed by atoms with van der Waals surface area (Å²) in [5.74, 6) is -2.20. The number of fused-ring (bicyclic) bond motifs is 3. The maximum Gasteiger partial charge on any atom is 0.339 e. The minimum atomic E-state index is -2.23. The smallest absolute Gasteiger partial charge is 0.339 e. The zero-order chi connectivity index (χ0) is 29.3. The van der Waals surface area contributed by atoms with E-state index in [0.29, 0.717) is 0 Å². The molecule has 9 N–H and O–H groups in total. The summed E-state index contributed by atoms with van der Waals surface area (Å²) in [6.07, 6.45) is -19.6. The van der Waals surface area contributed by atoms with Crippen molar-refractivity contribution in [3.05, 3.63) is 11.8 Å². The van der Waals surface area contributed by atoms with Crippen molar-refractivity contribution >= 4 is 5.97 Å². The van der Waals surface area contributed by atoms with Gasteiger partial charge in [-0.2, -0.15) is 0 Å². The van der Waals surface area contributed by atoms with Crippen molar-refractivity contribution in [1.29, 1.82) is 0 Å². The van der Waals surface area contributed by atoms with Crippen LogP contribution in [0.3, 0.4) is 0 Å². The van der Waals surface area contributed by atoms with E-state index in [1.54, 1.807) is 6.92 Å². The van der Waals surface area contributed by atoms with Crippen LogP contribution in [0.15, 0.2) is 11.8 Å². The van der Waals surface area contributed by atoms with Crippen LogP contribution in [0.2, 0.25) is 0 Å². The van der Waals surface area contributed by atoms with Crippen LogP contribution in [0.25, 0.3) is 0 Å². The van der Waals surface area contributed by atoms with Gasteiger partial charge < -0.3 is 79.1 Å². The van der Waals surface area contributed by atoms with E-state index in [9.17, 15) is 50.8 Å². The molecule has 5 aliphatic rings. The Balaban J connectivity index is 1.31. The largest absolute Gasteiger partial charge is 0.471 e. The number of hydrogen-bond donors (Lipinski definition) is 9. The van der Waals surface area contributed by atoms with E-state index >= 15 is 0 Å². The number of methoxy groups -OCH3 is 1. The lowest BCUT2D eigenvalue weighted by atomic mass is 9.77. The molecule has 0 aromatic rings. The Morgan fingerprint density at radius 1 is 0.900 bits per heavy atom. The Labute approximate surface area is 226 Å². The zero-order valence-corrected chi connectivity index (χ0v) is 21.4. The summed E-state index contributed by atoms with van der Waals surface area (Å²) < 4.78 is 37.8. The van der Waals surface area contributed by atoms with Gasteiger partial charge >= 0.3 is 5.97 Å². The molecule has 1 saturated carbocycles. The number of aliphatic hydroxyl groups excluding tert-OH is 8. The van der Waals surface area contributed by atoms with Gasteiger partial charge in [-0.3, -0.25) is 0 Å². The van der Waals surface area contributed by atoms with Crippen LogP contribution in [0.1, 0.15) is 6.92 Å². The van der Waals surface area contributed by atoms with Gasteiger partial charge in [0.2, 0.25) is 6.29 Å². The average molecular weight is 583 g/mol. The fourth-order valence-corrected chi connectivity index (χ4v) is 5.96. The molecular formula is C23H34O17. The molecule has 0 amide bonds. The maximum absolute atomic E-state index is 12.3. The quantitative estimate of drug-likeness (QED) is 0.0998. The molecule has 40 heavy (non-hydrogen) atoms. The van der Waals surface area contributed by atoms with Crippen molar-refractivity contribution in [2.24, 2.45) is 5.92 Å². The van der Waals surface area contributed by atoms with E-state index in [0.717, 1.165) is 13.4 Å². The third-order valence-corrected chi connectivity index (χ3v) is 8.36. The molecule has 4 aliphatic heterocycles. The topological polar surface area (TPSA) is 267 Å². The summed E-state index contributed by atoms with van der Waals surface area (Å²) in [7, 11) is 1.08. The Morgan fingerprint density at radius 3 is 2.12 bits per heavy atom. The number of carbonyl (C=O) groups is 1. The van der Waals surface area contributed by atoms with Crippen LogP contribution >= 0.6 is 0 Å². The first-order valence-corrected chi connectivity index (χ1v) is 12.6. The van der Waals surface area contributed by atoms with Gasteiger partial charge in [-0.25, -0.2) is 4.79 Å². The van der Waals surface area contributed by atoms with Crippen LogP contribution in [0.4, 0.5) is 0 Å². The number of hydrogen-bond acceptors (Lipinski definition) is 17. The fraction of sp³-hybridized carbons (Fsp3) is 0.870. The minimum absolute atomic E-state index is 0.379. The number of ether oxygens (including phenoxy) is 7. The van der Waals surface area contributed by atoms with Crippen molar-refractivity contribution in [2.75, 3.05) is 20.3 Å². The lowest BCUT2D eigenvalue weighted by molar-refractivity contribution is -0.360. The number of esters is 1. The second-order valence-electron chi connectivity index (χ2n) is 10.7. The summed E-state index contributed by atoms with van der Waals surface area (Å²) >= 11 is 0. The van der Waals surface area contributed by atoms with Gasteiger partial charge in [0.15, 0.2) is 12.6 Å². The molecule has 1 aliphatic carbocycles. The zero-order valence-electron chi connectivity index (χ0n) is 21.4. The summed E-state index contributed by atoms with van der Waals surface area (Å²) in [6, 6.07) is 0. The van der Waals surface area contributed by atoms with Gasteiger partial charge in [0, 0.05) is 0 Å². The summed E-state index contributed by atoms with van der Waals surface area (Å²) in [4.78, 5) is 12.3. The molecule has 0 aromatic heterocycles. The van der Waals surface area contributed by atoms with Crippen molar-refractivity contribution in [2.45, 2.75) is 98.0 Å². The van der Waals surface area contributed by atoms with Crippen LogP contribution in [-0.2, 0) is 38.0 Å². The maximum atomic E-state index is 12.3. The van der Waals surface area contributed by atoms with E-state index in [4.69, 9.17) is 33.2 Å². The van der Waals surface area contributed by atoms with Gasteiger partial charge in [-0.15, -0.1) is 0 Å². The molecule has 4 fully saturated rings. The van der Waals surface area contributed by atoms with Crippen LogP contribution in [-0.4, -0.2) is 163 Å². The summed E-state index contributed by atoms with van der Waals surface area (Å²) in [6.45, 7) is 0.255. The fourth-order valence-electron chi connectivity index (χ4n) is 5.96. The Morgan fingerprint density at radius 2 is 1.50 bits per heavy atom. The monoisotopic (exact) mass is 582 g/mol. The molecule has 4 heterocycles. The van der Waals surface area contributed by atoms with Gasteiger partial charge in [-0.1, -0.05) is 0 Å². The molecule has 0 radical (unpaired) electrons. The van der Waals surface area contributed by atoms with Crippen molar-refractivity contribution < 1.29 is 83.9 Å². The lowest BCUT2D eigenvalue weighted by Crippen LogP contribution is -2.63. The highest BCUT2D eigenvalue weighted by Crippen LogP contribution is 2.63. The second-order valence-corrected chi connectivity index (χ2v) is 10.7. The molecule has 17 nitrogen and oxygen atoms in total.